The summed E-state index contributed by atoms with van der Waals surface area (Å²) in [6, 6.07) is 5.92. The van der Waals surface area contributed by atoms with Crippen molar-refractivity contribution >= 4 is 29.3 Å². The van der Waals surface area contributed by atoms with Gasteiger partial charge in [0, 0.05) is 0 Å². The van der Waals surface area contributed by atoms with Crippen LogP contribution in [-0.2, 0) is 22.4 Å². The van der Waals surface area contributed by atoms with Gasteiger partial charge in [-0.1, -0.05) is 32.0 Å². The van der Waals surface area contributed by atoms with Crippen LogP contribution in [0.5, 0.6) is 0 Å². The summed E-state index contributed by atoms with van der Waals surface area (Å²) in [5.41, 5.74) is 2.91. The molecule has 1 rings (SSSR count). The maximum atomic E-state index is 12.2. The molecule has 0 spiro atoms. The summed E-state index contributed by atoms with van der Waals surface area (Å²) in [6.45, 7) is 4.08. The first-order valence-electron chi connectivity index (χ1n) is 6.87. The minimum Gasteiger partial charge on any atom is -0.453 e. The highest BCUT2D eigenvalue weighted by molar-refractivity contribution is 6.29. The van der Waals surface area contributed by atoms with Gasteiger partial charge in [0.05, 0.1) is 12.8 Å². The van der Waals surface area contributed by atoms with E-state index in [0.717, 1.165) is 29.7 Å². The van der Waals surface area contributed by atoms with Crippen LogP contribution in [-0.4, -0.2) is 31.7 Å². The lowest BCUT2D eigenvalue weighted by Gasteiger charge is -2.27. The van der Waals surface area contributed by atoms with E-state index in [0.29, 0.717) is 0 Å². The molecule has 0 aliphatic rings. The first-order valence-corrected chi connectivity index (χ1v) is 7.41. The highest BCUT2D eigenvalue weighted by atomic mass is 35.5. The van der Waals surface area contributed by atoms with Gasteiger partial charge in [-0.2, -0.15) is 0 Å². The maximum Gasteiger partial charge on any atom is 0.408 e. The minimum atomic E-state index is -0.589. The summed E-state index contributed by atoms with van der Waals surface area (Å²) in [7, 11) is 1.28. The molecule has 0 atom stereocenters. The molecular weight excluding hydrogens is 292 g/mol. The van der Waals surface area contributed by atoms with E-state index in [2.05, 4.69) is 10.1 Å². The van der Waals surface area contributed by atoms with Crippen molar-refractivity contribution in [2.75, 3.05) is 24.6 Å². The third-order valence-electron chi connectivity index (χ3n) is 3.22. The number of ether oxygens (including phenoxy) is 1. The Morgan fingerprint density at radius 1 is 1.24 bits per heavy atom. The Hall–Kier alpha value is -1.75. The van der Waals surface area contributed by atoms with E-state index in [9.17, 15) is 9.59 Å². The number of benzene rings is 1. The molecule has 5 nitrogen and oxygen atoms in total. The monoisotopic (exact) mass is 312 g/mol. The van der Waals surface area contributed by atoms with Crippen LogP contribution in [0.1, 0.15) is 25.0 Å². The number of amides is 2. The van der Waals surface area contributed by atoms with Crippen molar-refractivity contribution in [2.45, 2.75) is 26.7 Å². The predicted octanol–water partition coefficient (Wildman–Crippen LogP) is 2.70. The zero-order chi connectivity index (χ0) is 15.8. The highest BCUT2D eigenvalue weighted by Crippen LogP contribution is 2.27. The number of alkyl carbamates (subject to hydrolysis) is 1. The summed E-state index contributed by atoms with van der Waals surface area (Å²) in [6.07, 6.45) is 0.982. The number of nitrogens with zero attached hydrogens (tertiary/aromatic N) is 1. The van der Waals surface area contributed by atoms with Crippen molar-refractivity contribution in [2.24, 2.45) is 0 Å². The van der Waals surface area contributed by atoms with Crippen LogP contribution in [0.4, 0.5) is 10.5 Å². The summed E-state index contributed by atoms with van der Waals surface area (Å²) < 4.78 is 4.54. The zero-order valence-electron chi connectivity index (χ0n) is 12.6. The Labute approximate surface area is 130 Å². The van der Waals surface area contributed by atoms with E-state index in [4.69, 9.17) is 11.6 Å². The molecule has 2 amide bonds. The molecule has 0 aliphatic heterocycles. The number of hydrogen-bond donors (Lipinski definition) is 1. The predicted molar refractivity (Wildman–Crippen MR) is 83.8 cm³/mol. The number of carbonyl (C=O) groups excluding carboxylic acids is 2. The lowest BCUT2D eigenvalue weighted by molar-refractivity contribution is -0.116. The Morgan fingerprint density at radius 3 is 2.24 bits per heavy atom. The molecule has 0 heterocycles. The van der Waals surface area contributed by atoms with Crippen LogP contribution in [0, 0.1) is 0 Å². The van der Waals surface area contributed by atoms with E-state index in [1.165, 1.54) is 12.0 Å². The normalized spacial score (nSPS) is 10.1. The van der Waals surface area contributed by atoms with Crippen molar-refractivity contribution < 1.29 is 14.3 Å². The Balaban J connectivity index is 3.19. The molecule has 6 heteroatoms. The van der Waals surface area contributed by atoms with Gasteiger partial charge in [-0.25, -0.2) is 4.79 Å². The number of rotatable bonds is 6. The quantitative estimate of drug-likeness (QED) is 0.649. The van der Waals surface area contributed by atoms with Crippen LogP contribution in [0.3, 0.4) is 0 Å². The second-order valence-corrected chi connectivity index (χ2v) is 4.68. The molecule has 21 heavy (non-hydrogen) atoms. The van der Waals surface area contributed by atoms with E-state index in [1.54, 1.807) is 0 Å². The maximum absolute atomic E-state index is 12.2. The van der Waals surface area contributed by atoms with E-state index < -0.39 is 6.09 Å². The number of nitrogens with one attached hydrogen (secondary N) is 1. The van der Waals surface area contributed by atoms with Crippen molar-refractivity contribution in [3.8, 4) is 0 Å². The molecule has 1 aromatic rings. The van der Waals surface area contributed by atoms with Crippen LogP contribution in [0.15, 0.2) is 18.2 Å². The van der Waals surface area contributed by atoms with Crippen molar-refractivity contribution in [1.82, 2.24) is 5.32 Å². The largest absolute Gasteiger partial charge is 0.453 e. The summed E-state index contributed by atoms with van der Waals surface area (Å²) in [4.78, 5) is 24.9. The van der Waals surface area contributed by atoms with Crippen LogP contribution in [0.2, 0.25) is 0 Å². The van der Waals surface area contributed by atoms with Gasteiger partial charge in [0.1, 0.15) is 12.5 Å². The lowest BCUT2D eigenvalue weighted by Crippen LogP contribution is -2.43. The fourth-order valence-electron chi connectivity index (χ4n) is 2.14. The SMILES string of the molecule is CCc1cccc(CC)c1N(CNC(=O)OC)C(=O)CCl. The molecule has 0 unspecified atom stereocenters. The number of methoxy groups -OCH3 is 1. The Kier molecular flexibility index (Phi) is 7.02. The van der Waals surface area contributed by atoms with Gasteiger partial charge in [0.25, 0.3) is 0 Å². The average molecular weight is 313 g/mol. The molecule has 116 valence electrons. The topological polar surface area (TPSA) is 58.6 Å². The Bertz CT molecular complexity index is 483. The second kappa shape index (κ2) is 8.52. The molecule has 0 saturated heterocycles. The van der Waals surface area contributed by atoms with E-state index >= 15 is 0 Å². The number of alkyl halides is 1. The van der Waals surface area contributed by atoms with Crippen molar-refractivity contribution in [3.63, 3.8) is 0 Å². The highest BCUT2D eigenvalue weighted by Gasteiger charge is 2.20. The number of anilines is 1. The molecular formula is C15H21ClN2O3. The lowest BCUT2D eigenvalue weighted by atomic mass is 10.0. The fourth-order valence-corrected chi connectivity index (χ4v) is 2.29. The molecule has 0 bridgehead atoms. The first-order chi connectivity index (χ1) is 10.1. The fraction of sp³-hybridized carbons (Fsp3) is 0.467. The molecule has 1 aromatic carbocycles. The van der Waals surface area contributed by atoms with Gasteiger partial charge in [0.15, 0.2) is 0 Å². The minimum absolute atomic E-state index is 0.0300. The van der Waals surface area contributed by atoms with Gasteiger partial charge in [-0.05, 0) is 24.0 Å². The summed E-state index contributed by atoms with van der Waals surface area (Å²) >= 11 is 5.70. The molecule has 0 aliphatic carbocycles. The molecule has 0 radical (unpaired) electrons. The van der Waals surface area contributed by atoms with E-state index in [1.807, 2.05) is 32.0 Å². The van der Waals surface area contributed by atoms with Gasteiger partial charge in [0.2, 0.25) is 5.91 Å². The van der Waals surface area contributed by atoms with Gasteiger partial charge in [-0.15, -0.1) is 11.6 Å². The van der Waals surface area contributed by atoms with Crippen molar-refractivity contribution in [1.29, 1.82) is 0 Å². The van der Waals surface area contributed by atoms with E-state index in [-0.39, 0.29) is 18.5 Å². The van der Waals surface area contributed by atoms with Crippen LogP contribution in [0.25, 0.3) is 0 Å². The number of para-hydroxylation sites is 1. The van der Waals surface area contributed by atoms with Gasteiger partial charge < -0.3 is 10.1 Å². The van der Waals surface area contributed by atoms with Crippen molar-refractivity contribution in [3.05, 3.63) is 29.3 Å². The summed E-state index contributed by atoms with van der Waals surface area (Å²) in [5, 5.41) is 2.53. The number of aryl methyl sites for hydroxylation is 2. The average Bonchev–Trinajstić information content (AvgIpc) is 2.53. The third kappa shape index (κ3) is 4.36. The number of halogens is 1. The molecule has 0 aromatic heterocycles. The zero-order valence-corrected chi connectivity index (χ0v) is 13.4. The molecule has 0 fully saturated rings. The molecule has 1 N–H and O–H groups in total. The van der Waals surface area contributed by atoms with Crippen LogP contribution >= 0.6 is 11.6 Å². The first kappa shape index (κ1) is 17.3. The van der Waals surface area contributed by atoms with Gasteiger partial charge in [-0.3, -0.25) is 9.69 Å². The number of hydrogen-bond acceptors (Lipinski definition) is 3. The smallest absolute Gasteiger partial charge is 0.408 e. The summed E-state index contributed by atoms with van der Waals surface area (Å²) in [5.74, 6) is -0.409. The standard InChI is InChI=1S/C15H21ClN2O3/c1-4-11-7-6-8-12(5-2)14(11)18(13(19)9-16)10-17-15(20)21-3/h6-8H,4-5,9-10H2,1-3H3,(H,17,20). The van der Waals surface area contributed by atoms with Gasteiger partial charge >= 0.3 is 6.09 Å². The Morgan fingerprint density at radius 2 is 1.81 bits per heavy atom. The number of carbonyl (C=O) groups is 2. The molecule has 0 saturated carbocycles. The third-order valence-corrected chi connectivity index (χ3v) is 3.45. The second-order valence-electron chi connectivity index (χ2n) is 4.41. The van der Waals surface area contributed by atoms with Crippen LogP contribution < -0.4 is 10.2 Å².